The third-order valence-corrected chi connectivity index (χ3v) is 5.08. The molecule has 0 aliphatic carbocycles. The van der Waals surface area contributed by atoms with Gasteiger partial charge < -0.3 is 9.80 Å². The summed E-state index contributed by atoms with van der Waals surface area (Å²) in [5.41, 5.74) is 1.80. The van der Waals surface area contributed by atoms with E-state index >= 15 is 0 Å². The molecule has 25 heavy (non-hydrogen) atoms. The first-order valence-electron chi connectivity index (χ1n) is 8.50. The maximum atomic E-state index is 12.8. The van der Waals surface area contributed by atoms with Gasteiger partial charge in [-0.05, 0) is 35.0 Å². The fourth-order valence-corrected chi connectivity index (χ4v) is 3.62. The van der Waals surface area contributed by atoms with Crippen molar-refractivity contribution in [3.8, 4) is 0 Å². The van der Waals surface area contributed by atoms with Crippen LogP contribution < -0.4 is 4.90 Å². The monoisotopic (exact) mass is 350 g/mol. The van der Waals surface area contributed by atoms with Crippen molar-refractivity contribution in [1.82, 2.24) is 4.90 Å². The average Bonchev–Trinajstić information content (AvgIpc) is 2.67. The van der Waals surface area contributed by atoms with Gasteiger partial charge in [0.15, 0.2) is 0 Å². The van der Waals surface area contributed by atoms with Crippen molar-refractivity contribution in [3.05, 3.63) is 77.3 Å². The number of carbonyl (C=O) groups excluding carboxylic acids is 1. The Morgan fingerprint density at radius 1 is 0.800 bits per heavy atom. The number of amides is 1. The quantitative estimate of drug-likeness (QED) is 0.681. The standard InChI is InChI=1S/C21H19ClN2O/c22-19-7-3-4-8-20(19)23-11-13-24(14-12-23)21(25)18-10-9-16-5-1-2-6-17(16)15-18/h1-10,15H,11-14H2. The van der Waals surface area contributed by atoms with Gasteiger partial charge in [-0.15, -0.1) is 0 Å². The lowest BCUT2D eigenvalue weighted by molar-refractivity contribution is 0.0747. The Labute approximate surface area is 152 Å². The molecule has 0 atom stereocenters. The minimum absolute atomic E-state index is 0.101. The first-order chi connectivity index (χ1) is 12.2. The molecule has 4 rings (SSSR count). The van der Waals surface area contributed by atoms with E-state index in [-0.39, 0.29) is 5.91 Å². The SMILES string of the molecule is O=C(c1ccc2ccccc2c1)N1CCN(c2ccccc2Cl)CC1. The highest BCUT2D eigenvalue weighted by atomic mass is 35.5. The third-order valence-electron chi connectivity index (χ3n) is 4.76. The summed E-state index contributed by atoms with van der Waals surface area (Å²) in [6.45, 7) is 3.00. The van der Waals surface area contributed by atoms with E-state index in [4.69, 9.17) is 11.6 Å². The van der Waals surface area contributed by atoms with Crippen LogP contribution in [0.2, 0.25) is 5.02 Å². The summed E-state index contributed by atoms with van der Waals surface area (Å²) >= 11 is 6.29. The van der Waals surface area contributed by atoms with E-state index < -0.39 is 0 Å². The number of halogens is 1. The van der Waals surface area contributed by atoms with Crippen LogP contribution in [-0.2, 0) is 0 Å². The predicted octanol–water partition coefficient (Wildman–Crippen LogP) is 4.46. The van der Waals surface area contributed by atoms with Gasteiger partial charge in [0.25, 0.3) is 5.91 Å². The number of piperazine rings is 1. The molecule has 0 unspecified atom stereocenters. The second-order valence-corrected chi connectivity index (χ2v) is 6.70. The Kier molecular flexibility index (Phi) is 4.33. The summed E-state index contributed by atoms with van der Waals surface area (Å²) in [6.07, 6.45) is 0. The van der Waals surface area contributed by atoms with Gasteiger partial charge in [-0.1, -0.05) is 54.1 Å². The number of para-hydroxylation sites is 1. The molecule has 0 saturated carbocycles. The maximum Gasteiger partial charge on any atom is 0.253 e. The first-order valence-corrected chi connectivity index (χ1v) is 8.88. The number of anilines is 1. The normalized spacial score (nSPS) is 14.8. The highest BCUT2D eigenvalue weighted by molar-refractivity contribution is 6.33. The van der Waals surface area contributed by atoms with Crippen LogP contribution in [0.5, 0.6) is 0 Å². The molecule has 0 bridgehead atoms. The molecule has 1 heterocycles. The third kappa shape index (κ3) is 3.20. The molecule has 3 aromatic carbocycles. The van der Waals surface area contributed by atoms with Gasteiger partial charge in [0, 0.05) is 31.7 Å². The van der Waals surface area contributed by atoms with Crippen LogP contribution >= 0.6 is 11.6 Å². The average molecular weight is 351 g/mol. The summed E-state index contributed by atoms with van der Waals surface area (Å²) in [5.74, 6) is 0.101. The number of rotatable bonds is 2. The van der Waals surface area contributed by atoms with E-state index in [1.807, 2.05) is 65.6 Å². The van der Waals surface area contributed by atoms with E-state index in [1.165, 1.54) is 0 Å². The largest absolute Gasteiger partial charge is 0.367 e. The summed E-state index contributed by atoms with van der Waals surface area (Å²) < 4.78 is 0. The van der Waals surface area contributed by atoms with Crippen molar-refractivity contribution < 1.29 is 4.79 Å². The second kappa shape index (κ2) is 6.77. The zero-order chi connectivity index (χ0) is 17.2. The number of fused-ring (bicyclic) bond motifs is 1. The minimum atomic E-state index is 0.101. The minimum Gasteiger partial charge on any atom is -0.367 e. The predicted molar refractivity (Wildman–Crippen MR) is 104 cm³/mol. The fourth-order valence-electron chi connectivity index (χ4n) is 3.36. The topological polar surface area (TPSA) is 23.6 Å². The number of hydrogen-bond acceptors (Lipinski definition) is 2. The molecule has 1 saturated heterocycles. The lowest BCUT2D eigenvalue weighted by atomic mass is 10.1. The van der Waals surface area contributed by atoms with Crippen molar-refractivity contribution >= 4 is 34.0 Å². The van der Waals surface area contributed by atoms with Crippen molar-refractivity contribution in [2.75, 3.05) is 31.1 Å². The Balaban J connectivity index is 1.48. The molecule has 3 aromatic rings. The molecule has 0 spiro atoms. The second-order valence-electron chi connectivity index (χ2n) is 6.29. The van der Waals surface area contributed by atoms with Crippen LogP contribution in [0, 0.1) is 0 Å². The molecule has 0 N–H and O–H groups in total. The molecule has 1 aliphatic rings. The first kappa shape index (κ1) is 16.0. The number of benzene rings is 3. The van der Waals surface area contributed by atoms with Gasteiger partial charge in [0.05, 0.1) is 10.7 Å². The highest BCUT2D eigenvalue weighted by Crippen LogP contribution is 2.26. The van der Waals surface area contributed by atoms with E-state index in [2.05, 4.69) is 11.0 Å². The van der Waals surface area contributed by atoms with E-state index in [1.54, 1.807) is 0 Å². The van der Waals surface area contributed by atoms with Crippen LogP contribution in [0.1, 0.15) is 10.4 Å². The number of hydrogen-bond donors (Lipinski definition) is 0. The summed E-state index contributed by atoms with van der Waals surface area (Å²) in [6, 6.07) is 21.9. The summed E-state index contributed by atoms with van der Waals surface area (Å²) in [5, 5.41) is 3.02. The van der Waals surface area contributed by atoms with Crippen LogP contribution in [0.15, 0.2) is 66.7 Å². The van der Waals surface area contributed by atoms with Crippen LogP contribution in [0.25, 0.3) is 10.8 Å². The fraction of sp³-hybridized carbons (Fsp3) is 0.190. The Bertz CT molecular complexity index is 916. The zero-order valence-corrected chi connectivity index (χ0v) is 14.6. The van der Waals surface area contributed by atoms with Gasteiger partial charge in [0.1, 0.15) is 0 Å². The molecule has 126 valence electrons. The zero-order valence-electron chi connectivity index (χ0n) is 13.9. The van der Waals surface area contributed by atoms with E-state index in [0.717, 1.165) is 40.1 Å². The Hall–Kier alpha value is -2.52. The summed E-state index contributed by atoms with van der Waals surface area (Å²) in [4.78, 5) is 17.0. The van der Waals surface area contributed by atoms with E-state index in [9.17, 15) is 4.79 Å². The van der Waals surface area contributed by atoms with Gasteiger partial charge >= 0.3 is 0 Å². The molecule has 1 amide bonds. The van der Waals surface area contributed by atoms with Crippen LogP contribution in [0.4, 0.5) is 5.69 Å². The molecule has 1 fully saturated rings. The molecule has 1 aliphatic heterocycles. The highest BCUT2D eigenvalue weighted by Gasteiger charge is 2.23. The molecule has 0 radical (unpaired) electrons. The van der Waals surface area contributed by atoms with Crippen molar-refractivity contribution in [2.45, 2.75) is 0 Å². The summed E-state index contributed by atoms with van der Waals surface area (Å²) in [7, 11) is 0. The lowest BCUT2D eigenvalue weighted by Gasteiger charge is -2.36. The van der Waals surface area contributed by atoms with Crippen molar-refractivity contribution in [2.24, 2.45) is 0 Å². The van der Waals surface area contributed by atoms with Gasteiger partial charge in [-0.3, -0.25) is 4.79 Å². The number of nitrogens with zero attached hydrogens (tertiary/aromatic N) is 2. The van der Waals surface area contributed by atoms with Gasteiger partial charge in [-0.25, -0.2) is 0 Å². The molecule has 4 heteroatoms. The number of carbonyl (C=O) groups is 1. The Morgan fingerprint density at radius 3 is 2.24 bits per heavy atom. The molecular weight excluding hydrogens is 332 g/mol. The Morgan fingerprint density at radius 2 is 1.48 bits per heavy atom. The molecule has 3 nitrogen and oxygen atoms in total. The van der Waals surface area contributed by atoms with Crippen LogP contribution in [0.3, 0.4) is 0 Å². The van der Waals surface area contributed by atoms with Crippen LogP contribution in [-0.4, -0.2) is 37.0 Å². The van der Waals surface area contributed by atoms with Gasteiger partial charge in [0.2, 0.25) is 0 Å². The van der Waals surface area contributed by atoms with E-state index in [0.29, 0.717) is 13.1 Å². The van der Waals surface area contributed by atoms with Crippen molar-refractivity contribution in [1.29, 1.82) is 0 Å². The maximum absolute atomic E-state index is 12.8. The van der Waals surface area contributed by atoms with Crippen molar-refractivity contribution in [3.63, 3.8) is 0 Å². The molecular formula is C21H19ClN2O. The molecule has 0 aromatic heterocycles. The van der Waals surface area contributed by atoms with Gasteiger partial charge in [-0.2, -0.15) is 0 Å². The lowest BCUT2D eigenvalue weighted by Crippen LogP contribution is -2.48. The smallest absolute Gasteiger partial charge is 0.253 e.